The number of nitrogens with two attached hydrogens (primary N) is 1. The van der Waals surface area contributed by atoms with Gasteiger partial charge in [-0.3, -0.25) is 4.79 Å². The number of aromatic nitrogens is 1. The van der Waals surface area contributed by atoms with Gasteiger partial charge >= 0.3 is 0 Å². The lowest BCUT2D eigenvalue weighted by molar-refractivity contribution is -0.122. The van der Waals surface area contributed by atoms with Crippen LogP contribution in [0.25, 0.3) is 0 Å². The van der Waals surface area contributed by atoms with Gasteiger partial charge in [-0.25, -0.2) is 4.98 Å². The summed E-state index contributed by atoms with van der Waals surface area (Å²) >= 11 is 5.11. The van der Waals surface area contributed by atoms with Crippen LogP contribution in [0, 0.1) is 0 Å². The molecule has 2 rings (SSSR count). The summed E-state index contributed by atoms with van der Waals surface area (Å²) < 4.78 is 0. The van der Waals surface area contributed by atoms with Gasteiger partial charge in [0, 0.05) is 11.7 Å². The van der Waals surface area contributed by atoms with E-state index in [1.807, 2.05) is 19.9 Å². The fraction of sp³-hybridized carbons (Fsp3) is 0.533. The highest BCUT2D eigenvalue weighted by Crippen LogP contribution is 2.25. The molecule has 0 radical (unpaired) electrons. The zero-order valence-corrected chi connectivity index (χ0v) is 13.5. The molecular formula is C15H22N4OS. The molecule has 0 bridgehead atoms. The Balaban J connectivity index is 2.22. The molecule has 0 saturated carbocycles. The van der Waals surface area contributed by atoms with Gasteiger partial charge in [0.05, 0.1) is 5.56 Å². The molecule has 21 heavy (non-hydrogen) atoms. The number of fused-ring (bicyclic) bond motifs is 1. The van der Waals surface area contributed by atoms with E-state index in [-0.39, 0.29) is 11.9 Å². The van der Waals surface area contributed by atoms with E-state index in [9.17, 15) is 4.79 Å². The average Bonchev–Trinajstić information content (AvgIpc) is 2.83. The lowest BCUT2D eigenvalue weighted by Gasteiger charge is -2.19. The Labute approximate surface area is 130 Å². The number of amides is 1. The van der Waals surface area contributed by atoms with E-state index >= 15 is 0 Å². The van der Waals surface area contributed by atoms with Crippen LogP contribution in [0.2, 0.25) is 0 Å². The summed E-state index contributed by atoms with van der Waals surface area (Å²) in [6.45, 7) is 5.66. The Morgan fingerprint density at radius 3 is 2.71 bits per heavy atom. The van der Waals surface area contributed by atoms with Crippen LogP contribution in [-0.4, -0.2) is 28.0 Å². The predicted octanol–water partition coefficient (Wildman–Crippen LogP) is 1.53. The van der Waals surface area contributed by atoms with Crippen molar-refractivity contribution in [2.75, 3.05) is 5.32 Å². The summed E-state index contributed by atoms with van der Waals surface area (Å²) in [5.74, 6) is 0.538. The van der Waals surface area contributed by atoms with Crippen LogP contribution in [0.4, 0.5) is 5.82 Å². The molecule has 1 amide bonds. The van der Waals surface area contributed by atoms with Crippen LogP contribution in [0.15, 0.2) is 6.07 Å². The minimum atomic E-state index is -0.396. The third-order valence-corrected chi connectivity index (χ3v) is 3.71. The fourth-order valence-electron chi connectivity index (χ4n) is 2.45. The Morgan fingerprint density at radius 1 is 1.38 bits per heavy atom. The molecule has 0 aliphatic heterocycles. The van der Waals surface area contributed by atoms with Crippen molar-refractivity contribution in [1.29, 1.82) is 0 Å². The maximum atomic E-state index is 12.0. The van der Waals surface area contributed by atoms with Crippen LogP contribution < -0.4 is 16.4 Å². The second-order valence-electron chi connectivity index (χ2n) is 5.74. The van der Waals surface area contributed by atoms with E-state index < -0.39 is 6.04 Å². The molecule has 0 aromatic carbocycles. The maximum absolute atomic E-state index is 12.0. The summed E-state index contributed by atoms with van der Waals surface area (Å²) in [4.78, 5) is 16.9. The first-order valence-electron chi connectivity index (χ1n) is 7.28. The summed E-state index contributed by atoms with van der Waals surface area (Å²) in [5, 5.41) is 6.01. The number of rotatable bonds is 5. The summed E-state index contributed by atoms with van der Waals surface area (Å²) in [5.41, 5.74) is 8.80. The van der Waals surface area contributed by atoms with Crippen molar-refractivity contribution >= 4 is 28.9 Å². The van der Waals surface area contributed by atoms with E-state index in [1.165, 1.54) is 5.56 Å². The predicted molar refractivity (Wildman–Crippen MR) is 88.5 cm³/mol. The summed E-state index contributed by atoms with van der Waals surface area (Å²) in [7, 11) is 0. The van der Waals surface area contributed by atoms with Gasteiger partial charge in [0.1, 0.15) is 16.8 Å². The lowest BCUT2D eigenvalue weighted by Crippen LogP contribution is -2.41. The van der Waals surface area contributed by atoms with Crippen molar-refractivity contribution < 1.29 is 4.79 Å². The summed E-state index contributed by atoms with van der Waals surface area (Å²) in [6, 6.07) is 1.71. The topological polar surface area (TPSA) is 80.0 Å². The van der Waals surface area contributed by atoms with E-state index in [1.54, 1.807) is 6.92 Å². The Morgan fingerprint density at radius 2 is 2.10 bits per heavy atom. The normalized spacial score (nSPS) is 14.7. The molecule has 0 spiro atoms. The van der Waals surface area contributed by atoms with E-state index in [0.29, 0.717) is 10.8 Å². The molecule has 1 aliphatic carbocycles. The highest BCUT2D eigenvalue weighted by Gasteiger charge is 2.20. The van der Waals surface area contributed by atoms with Gasteiger partial charge in [-0.2, -0.15) is 0 Å². The molecule has 4 N–H and O–H groups in total. The molecule has 1 unspecified atom stereocenters. The van der Waals surface area contributed by atoms with Gasteiger partial charge in [0.15, 0.2) is 0 Å². The molecule has 114 valence electrons. The highest BCUT2D eigenvalue weighted by molar-refractivity contribution is 7.80. The number of carbonyl (C=O) groups is 1. The van der Waals surface area contributed by atoms with Crippen LogP contribution in [0.1, 0.15) is 44.0 Å². The van der Waals surface area contributed by atoms with Gasteiger partial charge in [-0.1, -0.05) is 12.2 Å². The molecule has 1 aromatic rings. The molecule has 1 atom stereocenters. The maximum Gasteiger partial charge on any atom is 0.242 e. The number of carbonyl (C=O) groups excluding carboxylic acids is 1. The minimum Gasteiger partial charge on any atom is -0.389 e. The van der Waals surface area contributed by atoms with Crippen molar-refractivity contribution in [3.63, 3.8) is 0 Å². The molecule has 0 fully saturated rings. The first-order valence-corrected chi connectivity index (χ1v) is 7.68. The fourth-order valence-corrected chi connectivity index (χ4v) is 2.61. The van der Waals surface area contributed by atoms with Gasteiger partial charge in [-0.05, 0) is 51.7 Å². The van der Waals surface area contributed by atoms with Gasteiger partial charge in [0.25, 0.3) is 0 Å². The molecule has 0 saturated heterocycles. The lowest BCUT2D eigenvalue weighted by atomic mass is 10.1. The number of nitrogens with one attached hydrogen (secondary N) is 2. The van der Waals surface area contributed by atoms with Crippen molar-refractivity contribution in [2.24, 2.45) is 5.73 Å². The molecular weight excluding hydrogens is 284 g/mol. The van der Waals surface area contributed by atoms with E-state index in [0.717, 1.165) is 30.5 Å². The second-order valence-corrected chi connectivity index (χ2v) is 6.18. The van der Waals surface area contributed by atoms with Crippen LogP contribution in [-0.2, 0) is 17.6 Å². The van der Waals surface area contributed by atoms with Gasteiger partial charge in [-0.15, -0.1) is 0 Å². The number of hydrogen-bond donors (Lipinski definition) is 3. The Kier molecular flexibility index (Phi) is 4.77. The third kappa shape index (κ3) is 3.69. The van der Waals surface area contributed by atoms with Crippen LogP contribution >= 0.6 is 12.2 Å². The smallest absolute Gasteiger partial charge is 0.242 e. The van der Waals surface area contributed by atoms with Crippen molar-refractivity contribution in [3.05, 3.63) is 22.9 Å². The van der Waals surface area contributed by atoms with Gasteiger partial charge in [0.2, 0.25) is 5.91 Å². The van der Waals surface area contributed by atoms with Crippen molar-refractivity contribution in [3.8, 4) is 0 Å². The number of thiocarbonyl (C=S) groups is 1. The second kappa shape index (κ2) is 6.39. The third-order valence-electron chi connectivity index (χ3n) is 3.49. The van der Waals surface area contributed by atoms with Crippen LogP contribution in [0.3, 0.4) is 0 Å². The minimum absolute atomic E-state index is 0.0683. The van der Waals surface area contributed by atoms with Crippen molar-refractivity contribution in [1.82, 2.24) is 10.3 Å². The van der Waals surface area contributed by atoms with Crippen molar-refractivity contribution in [2.45, 2.75) is 52.1 Å². The molecule has 1 aliphatic rings. The Hall–Kier alpha value is -1.69. The first kappa shape index (κ1) is 15.7. The largest absolute Gasteiger partial charge is 0.389 e. The van der Waals surface area contributed by atoms with E-state index in [2.05, 4.69) is 15.6 Å². The quantitative estimate of drug-likeness (QED) is 0.719. The molecule has 1 aromatic heterocycles. The van der Waals surface area contributed by atoms with E-state index in [4.69, 9.17) is 18.0 Å². The first-order chi connectivity index (χ1) is 9.88. The standard InChI is InChI=1S/C15H22N4OS/c1-8(2)17-15(20)9(3)18-14-11(13(16)21)7-10-5-4-6-12(10)19-14/h7-9H,4-6H2,1-3H3,(H2,16,21)(H,17,20)(H,18,19). The number of hydrogen-bond acceptors (Lipinski definition) is 4. The molecule has 1 heterocycles. The monoisotopic (exact) mass is 306 g/mol. The zero-order chi connectivity index (χ0) is 15.6. The zero-order valence-electron chi connectivity index (χ0n) is 12.7. The highest BCUT2D eigenvalue weighted by atomic mass is 32.1. The molecule has 5 nitrogen and oxygen atoms in total. The Bertz CT molecular complexity index is 571. The number of nitrogens with zero attached hydrogens (tertiary/aromatic N) is 1. The number of pyridine rings is 1. The van der Waals surface area contributed by atoms with Gasteiger partial charge < -0.3 is 16.4 Å². The SMILES string of the molecule is CC(C)NC(=O)C(C)Nc1nc2c(cc1C(N)=S)CCC2. The van der Waals surface area contributed by atoms with Crippen LogP contribution in [0.5, 0.6) is 0 Å². The number of aryl methyl sites for hydroxylation is 2. The summed E-state index contributed by atoms with van der Waals surface area (Å²) in [6.07, 6.45) is 3.09. The molecule has 6 heteroatoms. The average molecular weight is 306 g/mol. The number of anilines is 1.